The Labute approximate surface area is 143 Å². The third-order valence-corrected chi connectivity index (χ3v) is 4.53. The lowest BCUT2D eigenvalue weighted by atomic mass is 10.1. The Hall–Kier alpha value is -2.17. The number of hydrogen-bond donors (Lipinski definition) is 0. The summed E-state index contributed by atoms with van der Waals surface area (Å²) in [6, 6.07) is 20.5. The molecule has 0 aliphatic carbocycles. The van der Waals surface area contributed by atoms with Gasteiger partial charge in [-0.25, -0.2) is 0 Å². The summed E-state index contributed by atoms with van der Waals surface area (Å²) in [5.74, 6) is -0.149. The molecule has 1 aliphatic rings. The molecule has 2 aromatic rings. The van der Waals surface area contributed by atoms with Crippen LogP contribution < -0.4 is 0 Å². The van der Waals surface area contributed by atoms with Gasteiger partial charge in [0.2, 0.25) is 0 Å². The van der Waals surface area contributed by atoms with E-state index in [9.17, 15) is 4.79 Å². The third kappa shape index (κ3) is 4.22. The van der Waals surface area contributed by atoms with Gasteiger partial charge in [0.1, 0.15) is 6.04 Å². The van der Waals surface area contributed by atoms with Crippen LogP contribution >= 0.6 is 0 Å². The zero-order chi connectivity index (χ0) is 16.8. The fourth-order valence-corrected chi connectivity index (χ4v) is 3.23. The zero-order valence-corrected chi connectivity index (χ0v) is 14.1. The molecule has 0 unspecified atom stereocenters. The average Bonchev–Trinajstić information content (AvgIpc) is 2.64. The first-order chi connectivity index (χ1) is 11.8. The van der Waals surface area contributed by atoms with Crippen LogP contribution in [0.4, 0.5) is 0 Å². The molecule has 1 aliphatic heterocycles. The molecule has 1 saturated heterocycles. The molecular weight excluding hydrogens is 300 g/mol. The van der Waals surface area contributed by atoms with Gasteiger partial charge in [0.25, 0.3) is 0 Å². The summed E-state index contributed by atoms with van der Waals surface area (Å²) in [4.78, 5) is 16.8. The maximum atomic E-state index is 12.3. The normalized spacial score (nSPS) is 19.1. The number of carbonyl (C=O) groups excluding carboxylic acids is 1. The molecule has 0 radical (unpaired) electrons. The molecule has 0 spiro atoms. The molecule has 0 amide bonds. The highest BCUT2D eigenvalue weighted by Gasteiger charge is 2.33. The number of hydrogen-bond acceptors (Lipinski definition) is 4. The molecule has 1 fully saturated rings. The summed E-state index contributed by atoms with van der Waals surface area (Å²) in [5, 5.41) is 0. The molecule has 4 nitrogen and oxygen atoms in total. The van der Waals surface area contributed by atoms with Gasteiger partial charge in [-0.3, -0.25) is 14.6 Å². The zero-order valence-electron chi connectivity index (χ0n) is 14.1. The van der Waals surface area contributed by atoms with E-state index in [1.165, 1.54) is 18.2 Å². The minimum absolute atomic E-state index is 0.149. The molecule has 0 aromatic heterocycles. The van der Waals surface area contributed by atoms with E-state index in [1.54, 1.807) is 0 Å². The van der Waals surface area contributed by atoms with Crippen molar-refractivity contribution in [2.45, 2.75) is 19.1 Å². The van der Waals surface area contributed by atoms with E-state index in [1.807, 2.05) is 24.3 Å². The molecule has 3 rings (SSSR count). The lowest BCUT2D eigenvalue weighted by Crippen LogP contribution is -2.55. The standard InChI is InChI=1S/C20H24N2O2/c1-24-20(23)19-16-21(14-17-8-4-2-5-9-17)12-13-22(19)15-18-10-6-3-7-11-18/h2-11,19H,12-16H2,1H3/t19-/m0/s1. The lowest BCUT2D eigenvalue weighted by Gasteiger charge is -2.40. The topological polar surface area (TPSA) is 32.8 Å². The molecule has 1 heterocycles. The average molecular weight is 324 g/mol. The highest BCUT2D eigenvalue weighted by Crippen LogP contribution is 2.17. The highest BCUT2D eigenvalue weighted by atomic mass is 16.5. The van der Waals surface area contributed by atoms with Gasteiger partial charge in [0.05, 0.1) is 7.11 Å². The van der Waals surface area contributed by atoms with Crippen LogP contribution in [0.3, 0.4) is 0 Å². The minimum atomic E-state index is -0.215. The Morgan fingerprint density at radius 2 is 1.54 bits per heavy atom. The molecule has 1 atom stereocenters. The van der Waals surface area contributed by atoms with Crippen molar-refractivity contribution < 1.29 is 9.53 Å². The van der Waals surface area contributed by atoms with E-state index >= 15 is 0 Å². The molecular formula is C20H24N2O2. The summed E-state index contributed by atoms with van der Waals surface area (Å²) in [6.45, 7) is 4.17. The number of nitrogens with zero attached hydrogens (tertiary/aromatic N) is 2. The fourth-order valence-electron chi connectivity index (χ4n) is 3.23. The first kappa shape index (κ1) is 16.7. The second-order valence-electron chi connectivity index (χ2n) is 6.22. The van der Waals surface area contributed by atoms with Gasteiger partial charge in [-0.05, 0) is 11.1 Å². The quantitative estimate of drug-likeness (QED) is 0.792. The van der Waals surface area contributed by atoms with E-state index in [0.29, 0.717) is 6.54 Å². The van der Waals surface area contributed by atoms with Gasteiger partial charge in [-0.15, -0.1) is 0 Å². The van der Waals surface area contributed by atoms with Crippen molar-refractivity contribution >= 4 is 5.97 Å². The van der Waals surface area contributed by atoms with Crippen LogP contribution in [0.2, 0.25) is 0 Å². The summed E-state index contributed by atoms with van der Waals surface area (Å²) in [6.07, 6.45) is 0. The largest absolute Gasteiger partial charge is 0.468 e. The van der Waals surface area contributed by atoms with Crippen molar-refractivity contribution in [3.05, 3.63) is 71.8 Å². The summed E-state index contributed by atoms with van der Waals surface area (Å²) < 4.78 is 5.05. The van der Waals surface area contributed by atoms with Crippen molar-refractivity contribution in [1.29, 1.82) is 0 Å². The van der Waals surface area contributed by atoms with Crippen LogP contribution in [-0.2, 0) is 22.6 Å². The van der Waals surface area contributed by atoms with E-state index < -0.39 is 0 Å². The van der Waals surface area contributed by atoms with Crippen LogP contribution in [0.5, 0.6) is 0 Å². The number of piperazine rings is 1. The van der Waals surface area contributed by atoms with Crippen LogP contribution in [0.1, 0.15) is 11.1 Å². The first-order valence-electron chi connectivity index (χ1n) is 8.38. The predicted octanol–water partition coefficient (Wildman–Crippen LogP) is 2.55. The Morgan fingerprint density at radius 1 is 0.958 bits per heavy atom. The summed E-state index contributed by atoms with van der Waals surface area (Å²) in [7, 11) is 1.47. The van der Waals surface area contributed by atoms with Crippen LogP contribution in [0, 0.1) is 0 Å². The maximum absolute atomic E-state index is 12.3. The Morgan fingerprint density at radius 3 is 2.12 bits per heavy atom. The number of ether oxygens (including phenoxy) is 1. The maximum Gasteiger partial charge on any atom is 0.324 e. The highest BCUT2D eigenvalue weighted by molar-refractivity contribution is 5.76. The van der Waals surface area contributed by atoms with Crippen LogP contribution in [-0.4, -0.2) is 48.6 Å². The minimum Gasteiger partial charge on any atom is -0.468 e. The van der Waals surface area contributed by atoms with Crippen molar-refractivity contribution in [1.82, 2.24) is 9.80 Å². The number of esters is 1. The second-order valence-corrected chi connectivity index (χ2v) is 6.22. The summed E-state index contributed by atoms with van der Waals surface area (Å²) >= 11 is 0. The summed E-state index contributed by atoms with van der Waals surface area (Å²) in [5.41, 5.74) is 2.50. The van der Waals surface area contributed by atoms with Crippen molar-refractivity contribution in [3.8, 4) is 0 Å². The number of methoxy groups -OCH3 is 1. The van der Waals surface area contributed by atoms with E-state index in [0.717, 1.165) is 26.2 Å². The molecule has 24 heavy (non-hydrogen) atoms. The van der Waals surface area contributed by atoms with E-state index in [-0.39, 0.29) is 12.0 Å². The van der Waals surface area contributed by atoms with E-state index in [4.69, 9.17) is 4.74 Å². The molecule has 0 saturated carbocycles. The van der Waals surface area contributed by atoms with Gasteiger partial charge >= 0.3 is 5.97 Å². The molecule has 4 heteroatoms. The van der Waals surface area contributed by atoms with E-state index in [2.05, 4.69) is 46.2 Å². The van der Waals surface area contributed by atoms with Gasteiger partial charge in [-0.2, -0.15) is 0 Å². The van der Waals surface area contributed by atoms with Crippen molar-refractivity contribution in [2.24, 2.45) is 0 Å². The Bertz CT molecular complexity index is 645. The van der Waals surface area contributed by atoms with Crippen molar-refractivity contribution in [2.75, 3.05) is 26.7 Å². The monoisotopic (exact) mass is 324 g/mol. The lowest BCUT2D eigenvalue weighted by molar-refractivity contribution is -0.150. The van der Waals surface area contributed by atoms with Gasteiger partial charge in [-0.1, -0.05) is 60.7 Å². The second kappa shape index (κ2) is 8.08. The van der Waals surface area contributed by atoms with Crippen molar-refractivity contribution in [3.63, 3.8) is 0 Å². The predicted molar refractivity (Wildman–Crippen MR) is 94.4 cm³/mol. The third-order valence-electron chi connectivity index (χ3n) is 4.53. The Balaban J connectivity index is 1.67. The van der Waals surface area contributed by atoms with Gasteiger partial charge in [0, 0.05) is 32.7 Å². The van der Waals surface area contributed by atoms with Gasteiger partial charge < -0.3 is 4.74 Å². The van der Waals surface area contributed by atoms with Gasteiger partial charge in [0.15, 0.2) is 0 Å². The van der Waals surface area contributed by atoms with Crippen LogP contribution in [0.25, 0.3) is 0 Å². The smallest absolute Gasteiger partial charge is 0.324 e. The Kier molecular flexibility index (Phi) is 5.62. The number of carbonyl (C=O) groups is 1. The van der Waals surface area contributed by atoms with Crippen LogP contribution in [0.15, 0.2) is 60.7 Å². The molecule has 0 bridgehead atoms. The molecule has 0 N–H and O–H groups in total. The number of benzene rings is 2. The first-order valence-corrected chi connectivity index (χ1v) is 8.38. The SMILES string of the molecule is COC(=O)[C@@H]1CN(Cc2ccccc2)CCN1Cc1ccccc1. The fraction of sp³-hybridized carbons (Fsp3) is 0.350. The molecule has 2 aromatic carbocycles. The molecule has 126 valence electrons. The number of rotatable bonds is 5.